The van der Waals surface area contributed by atoms with E-state index in [9.17, 15) is 9.59 Å². The Hall–Kier alpha value is -1.10. The largest absolute Gasteiger partial charge is 0.481 e. The minimum Gasteiger partial charge on any atom is -0.481 e. The lowest BCUT2D eigenvalue weighted by Crippen LogP contribution is -2.44. The highest BCUT2D eigenvalue weighted by molar-refractivity contribution is 5.79. The summed E-state index contributed by atoms with van der Waals surface area (Å²) in [4.78, 5) is 25.5. The number of carbonyl (C=O) groups excluding carboxylic acids is 1. The molecule has 0 atom stereocenters. The van der Waals surface area contributed by atoms with E-state index in [2.05, 4.69) is 0 Å². The van der Waals surface area contributed by atoms with Gasteiger partial charge in [-0.05, 0) is 51.4 Å². The van der Waals surface area contributed by atoms with Gasteiger partial charge in [-0.15, -0.1) is 0 Å². The number of methoxy groups -OCH3 is 1. The maximum Gasteiger partial charge on any atom is 0.306 e. The molecule has 0 aromatic rings. The molecule has 0 bridgehead atoms. The van der Waals surface area contributed by atoms with Gasteiger partial charge in [0.05, 0.1) is 12.0 Å². The molecule has 21 heavy (non-hydrogen) atoms. The van der Waals surface area contributed by atoms with Crippen molar-refractivity contribution in [1.82, 2.24) is 4.90 Å². The lowest BCUT2D eigenvalue weighted by Gasteiger charge is -2.37. The molecule has 1 N–H and O–H groups in total. The summed E-state index contributed by atoms with van der Waals surface area (Å²) in [5, 5.41) is 9.02. The third kappa shape index (κ3) is 3.96. The summed E-state index contributed by atoms with van der Waals surface area (Å²) < 4.78 is 5.37. The van der Waals surface area contributed by atoms with Crippen LogP contribution in [0, 0.1) is 11.8 Å². The number of carboxylic acids is 1. The molecule has 2 fully saturated rings. The number of hydrogen-bond acceptors (Lipinski definition) is 3. The highest BCUT2D eigenvalue weighted by Gasteiger charge is 2.34. The first-order valence-electron chi connectivity index (χ1n) is 8.05. The molecule has 0 spiro atoms. The number of nitrogens with zero attached hydrogens (tertiary/aromatic N) is 1. The first-order valence-corrected chi connectivity index (χ1v) is 8.05. The lowest BCUT2D eigenvalue weighted by molar-refractivity contribution is -0.146. The summed E-state index contributed by atoms with van der Waals surface area (Å²) in [6.07, 6.45) is 7.09. The first kappa shape index (κ1) is 16.3. The molecule has 1 amide bonds. The maximum atomic E-state index is 12.6. The number of rotatable bonds is 4. The average Bonchev–Trinajstić information content (AvgIpc) is 2.53. The SMILES string of the molecule is COC1CCC(N(C)C(=O)C2CCC(C(=O)O)CC2)CC1. The molecule has 2 aliphatic rings. The van der Waals surface area contributed by atoms with E-state index in [1.807, 2.05) is 11.9 Å². The highest BCUT2D eigenvalue weighted by Crippen LogP contribution is 2.32. The molecule has 5 heteroatoms. The second-order valence-corrected chi connectivity index (χ2v) is 6.50. The molecule has 0 aromatic carbocycles. The summed E-state index contributed by atoms with van der Waals surface area (Å²) >= 11 is 0. The second-order valence-electron chi connectivity index (χ2n) is 6.50. The van der Waals surface area contributed by atoms with E-state index in [-0.39, 0.29) is 17.7 Å². The van der Waals surface area contributed by atoms with E-state index >= 15 is 0 Å². The zero-order chi connectivity index (χ0) is 15.4. The smallest absolute Gasteiger partial charge is 0.306 e. The molecule has 0 heterocycles. The standard InChI is InChI=1S/C16H27NO4/c1-17(13-7-9-14(21-2)10-8-13)15(18)11-3-5-12(6-4-11)16(19)20/h11-14H,3-10H2,1-2H3,(H,19,20). The van der Waals surface area contributed by atoms with E-state index in [1.54, 1.807) is 7.11 Å². The molecule has 2 saturated carbocycles. The zero-order valence-corrected chi connectivity index (χ0v) is 13.1. The fourth-order valence-electron chi connectivity index (χ4n) is 3.72. The van der Waals surface area contributed by atoms with Crippen molar-refractivity contribution in [2.75, 3.05) is 14.2 Å². The van der Waals surface area contributed by atoms with Gasteiger partial charge in [-0.1, -0.05) is 0 Å². The molecule has 5 nitrogen and oxygen atoms in total. The van der Waals surface area contributed by atoms with Gasteiger partial charge in [-0.25, -0.2) is 0 Å². The summed E-state index contributed by atoms with van der Waals surface area (Å²) in [6, 6.07) is 0.320. The number of carbonyl (C=O) groups is 2. The van der Waals surface area contributed by atoms with E-state index in [4.69, 9.17) is 9.84 Å². The van der Waals surface area contributed by atoms with Crippen LogP contribution >= 0.6 is 0 Å². The van der Waals surface area contributed by atoms with Gasteiger partial charge in [-0.2, -0.15) is 0 Å². The number of carboxylic acid groups (broad SMARTS) is 1. The Morgan fingerprint density at radius 1 is 0.952 bits per heavy atom. The van der Waals surface area contributed by atoms with Crippen LogP contribution in [-0.2, 0) is 14.3 Å². The predicted molar refractivity (Wildman–Crippen MR) is 78.9 cm³/mol. The fraction of sp³-hybridized carbons (Fsp3) is 0.875. The van der Waals surface area contributed by atoms with Gasteiger partial charge in [0, 0.05) is 26.1 Å². The fourth-order valence-corrected chi connectivity index (χ4v) is 3.72. The van der Waals surface area contributed by atoms with Crippen molar-refractivity contribution in [3.05, 3.63) is 0 Å². The molecule has 0 saturated heterocycles. The topological polar surface area (TPSA) is 66.8 Å². The number of ether oxygens (including phenoxy) is 1. The van der Waals surface area contributed by atoms with Gasteiger partial charge in [0.1, 0.15) is 0 Å². The minimum absolute atomic E-state index is 0.0192. The van der Waals surface area contributed by atoms with Crippen molar-refractivity contribution < 1.29 is 19.4 Å². The maximum absolute atomic E-state index is 12.6. The molecule has 2 rings (SSSR count). The van der Waals surface area contributed by atoms with E-state index in [1.165, 1.54) is 0 Å². The van der Waals surface area contributed by atoms with Crippen LogP contribution in [0.15, 0.2) is 0 Å². The van der Waals surface area contributed by atoms with Crippen molar-refractivity contribution in [1.29, 1.82) is 0 Å². The lowest BCUT2D eigenvalue weighted by atomic mass is 9.81. The highest BCUT2D eigenvalue weighted by atomic mass is 16.5. The van der Waals surface area contributed by atoms with Gasteiger partial charge in [0.2, 0.25) is 5.91 Å². The molecule has 0 unspecified atom stereocenters. The Kier molecular flexibility index (Phi) is 5.62. The van der Waals surface area contributed by atoms with Crippen LogP contribution in [0.25, 0.3) is 0 Å². The Morgan fingerprint density at radius 2 is 1.48 bits per heavy atom. The molecule has 2 aliphatic carbocycles. The van der Waals surface area contributed by atoms with Crippen molar-refractivity contribution in [2.24, 2.45) is 11.8 Å². The summed E-state index contributed by atoms with van der Waals surface area (Å²) in [7, 11) is 3.66. The first-order chi connectivity index (χ1) is 10.0. The van der Waals surface area contributed by atoms with Gasteiger partial charge < -0.3 is 14.7 Å². The molecule has 120 valence electrons. The van der Waals surface area contributed by atoms with Gasteiger partial charge in [0.15, 0.2) is 0 Å². The van der Waals surface area contributed by atoms with Crippen LogP contribution in [0.3, 0.4) is 0 Å². The van der Waals surface area contributed by atoms with Crippen LogP contribution in [0.4, 0.5) is 0 Å². The third-order valence-corrected chi connectivity index (χ3v) is 5.30. The monoisotopic (exact) mass is 297 g/mol. The molecule has 0 radical (unpaired) electrons. The molecule has 0 aliphatic heterocycles. The van der Waals surface area contributed by atoms with Crippen LogP contribution in [0.2, 0.25) is 0 Å². The van der Waals surface area contributed by atoms with Crippen LogP contribution in [-0.4, -0.2) is 48.2 Å². The Bertz CT molecular complexity index is 368. The minimum atomic E-state index is -0.716. The van der Waals surface area contributed by atoms with E-state index in [0.29, 0.717) is 37.8 Å². The summed E-state index contributed by atoms with van der Waals surface area (Å²) in [5.74, 6) is -0.742. The van der Waals surface area contributed by atoms with E-state index in [0.717, 1.165) is 25.7 Å². The molecular formula is C16H27NO4. The average molecular weight is 297 g/mol. The van der Waals surface area contributed by atoms with Crippen molar-refractivity contribution in [3.8, 4) is 0 Å². The van der Waals surface area contributed by atoms with Crippen molar-refractivity contribution in [3.63, 3.8) is 0 Å². The Morgan fingerprint density at radius 3 is 1.95 bits per heavy atom. The Balaban J connectivity index is 1.82. The van der Waals surface area contributed by atoms with Gasteiger partial charge in [0.25, 0.3) is 0 Å². The van der Waals surface area contributed by atoms with Gasteiger partial charge in [-0.3, -0.25) is 9.59 Å². The third-order valence-electron chi connectivity index (χ3n) is 5.30. The zero-order valence-electron chi connectivity index (χ0n) is 13.1. The number of hydrogen-bond donors (Lipinski definition) is 1. The Labute approximate surface area is 126 Å². The van der Waals surface area contributed by atoms with Gasteiger partial charge >= 0.3 is 5.97 Å². The quantitative estimate of drug-likeness (QED) is 0.864. The van der Waals surface area contributed by atoms with E-state index < -0.39 is 5.97 Å². The predicted octanol–water partition coefficient (Wildman–Crippen LogP) is 2.29. The number of aliphatic carboxylic acids is 1. The van der Waals surface area contributed by atoms with Crippen LogP contribution < -0.4 is 0 Å². The second kappa shape index (κ2) is 7.25. The molecule has 0 aromatic heterocycles. The number of amides is 1. The van der Waals surface area contributed by atoms with Crippen LogP contribution in [0.1, 0.15) is 51.4 Å². The van der Waals surface area contributed by atoms with Crippen molar-refractivity contribution in [2.45, 2.75) is 63.5 Å². The molecular weight excluding hydrogens is 270 g/mol. The summed E-state index contributed by atoms with van der Waals surface area (Å²) in [5.41, 5.74) is 0. The summed E-state index contributed by atoms with van der Waals surface area (Å²) in [6.45, 7) is 0. The van der Waals surface area contributed by atoms with Crippen LogP contribution in [0.5, 0.6) is 0 Å². The van der Waals surface area contributed by atoms with Crippen molar-refractivity contribution >= 4 is 11.9 Å². The normalized spacial score (nSPS) is 33.4.